The molecule has 116 valence electrons. The second-order valence-corrected chi connectivity index (χ2v) is 6.00. The predicted octanol–water partition coefficient (Wildman–Crippen LogP) is 2.31. The lowest BCUT2D eigenvalue weighted by Gasteiger charge is -2.35. The Morgan fingerprint density at radius 3 is 2.52 bits per heavy atom. The number of benzene rings is 1. The molecule has 0 aliphatic heterocycles. The van der Waals surface area contributed by atoms with Gasteiger partial charge in [0.15, 0.2) is 5.54 Å². The molecule has 1 atom stereocenters. The Morgan fingerprint density at radius 1 is 1.38 bits per heavy atom. The molecule has 0 spiro atoms. The maximum Gasteiger partial charge on any atom is 0.329 e. The summed E-state index contributed by atoms with van der Waals surface area (Å²) in [6, 6.07) is 9.50. The summed E-state index contributed by atoms with van der Waals surface area (Å²) < 4.78 is 0. The maximum atomic E-state index is 12.0. The van der Waals surface area contributed by atoms with E-state index in [0.717, 1.165) is 31.0 Å². The van der Waals surface area contributed by atoms with E-state index >= 15 is 0 Å². The van der Waals surface area contributed by atoms with Crippen LogP contribution in [0.4, 0.5) is 0 Å². The average molecular weight is 290 g/mol. The Bertz CT molecular complexity index is 459. The second kappa shape index (κ2) is 7.05. The zero-order valence-electron chi connectivity index (χ0n) is 13.0. The van der Waals surface area contributed by atoms with Crippen molar-refractivity contribution in [2.24, 2.45) is 5.92 Å². The van der Waals surface area contributed by atoms with Gasteiger partial charge in [-0.25, -0.2) is 4.79 Å². The third-order valence-corrected chi connectivity index (χ3v) is 4.27. The van der Waals surface area contributed by atoms with Crippen molar-refractivity contribution in [3.8, 4) is 0 Å². The third-order valence-electron chi connectivity index (χ3n) is 4.27. The molecule has 1 fully saturated rings. The first kappa shape index (κ1) is 16.0. The number of nitrogens with one attached hydrogen (secondary N) is 1. The number of rotatable bonds is 9. The van der Waals surface area contributed by atoms with Crippen molar-refractivity contribution in [1.82, 2.24) is 10.2 Å². The highest BCUT2D eigenvalue weighted by atomic mass is 16.4. The van der Waals surface area contributed by atoms with Gasteiger partial charge < -0.3 is 15.3 Å². The smallest absolute Gasteiger partial charge is 0.329 e. The molecule has 0 heterocycles. The van der Waals surface area contributed by atoms with E-state index in [0.29, 0.717) is 6.54 Å². The molecule has 4 nitrogen and oxygen atoms in total. The van der Waals surface area contributed by atoms with Crippen molar-refractivity contribution in [3.05, 3.63) is 35.9 Å². The van der Waals surface area contributed by atoms with Gasteiger partial charge in [0.25, 0.3) is 0 Å². The Balaban J connectivity index is 2.23. The van der Waals surface area contributed by atoms with Crippen LogP contribution in [-0.2, 0) is 10.3 Å². The van der Waals surface area contributed by atoms with Crippen LogP contribution in [0, 0.1) is 5.92 Å². The van der Waals surface area contributed by atoms with E-state index in [4.69, 9.17) is 0 Å². The van der Waals surface area contributed by atoms with Gasteiger partial charge >= 0.3 is 5.97 Å². The minimum Gasteiger partial charge on any atom is -0.480 e. The lowest BCUT2D eigenvalue weighted by molar-refractivity contribution is -0.146. The predicted molar refractivity (Wildman–Crippen MR) is 84.3 cm³/mol. The van der Waals surface area contributed by atoms with Gasteiger partial charge in [0.2, 0.25) is 0 Å². The zero-order chi connectivity index (χ0) is 15.3. The first-order valence-electron chi connectivity index (χ1n) is 7.82. The van der Waals surface area contributed by atoms with Crippen molar-refractivity contribution in [2.45, 2.75) is 31.7 Å². The molecule has 1 aromatic carbocycles. The van der Waals surface area contributed by atoms with Crippen LogP contribution >= 0.6 is 0 Å². The van der Waals surface area contributed by atoms with Gasteiger partial charge in [-0.1, -0.05) is 37.3 Å². The standard InChI is InChI=1S/C17H26N2O2/c1-3-11-19(12-14-9-10-14)13-17(18-2,16(20)21)15-7-5-4-6-8-15/h4-8,14,18H,3,9-13H2,1-2H3,(H,20,21). The summed E-state index contributed by atoms with van der Waals surface area (Å²) in [6.07, 6.45) is 3.61. The first-order chi connectivity index (χ1) is 10.1. The van der Waals surface area contributed by atoms with Crippen LogP contribution in [0.2, 0.25) is 0 Å². The molecule has 21 heavy (non-hydrogen) atoms. The highest BCUT2D eigenvalue weighted by Crippen LogP contribution is 2.31. The molecular weight excluding hydrogens is 264 g/mol. The van der Waals surface area contributed by atoms with Crippen LogP contribution in [0.25, 0.3) is 0 Å². The fourth-order valence-electron chi connectivity index (χ4n) is 2.89. The molecule has 1 unspecified atom stereocenters. The summed E-state index contributed by atoms with van der Waals surface area (Å²) in [5.74, 6) is -0.0521. The van der Waals surface area contributed by atoms with E-state index < -0.39 is 11.5 Å². The van der Waals surface area contributed by atoms with Gasteiger partial charge in [0, 0.05) is 13.1 Å². The normalized spacial score (nSPS) is 17.7. The molecule has 2 rings (SSSR count). The number of likely N-dealkylation sites (N-methyl/N-ethyl adjacent to an activating group) is 1. The fourth-order valence-corrected chi connectivity index (χ4v) is 2.89. The van der Waals surface area contributed by atoms with E-state index in [9.17, 15) is 9.90 Å². The highest BCUT2D eigenvalue weighted by Gasteiger charge is 2.41. The van der Waals surface area contributed by atoms with Gasteiger partial charge in [-0.05, 0) is 44.3 Å². The number of carboxylic acids is 1. The highest BCUT2D eigenvalue weighted by molar-refractivity contribution is 5.81. The van der Waals surface area contributed by atoms with Crippen molar-refractivity contribution < 1.29 is 9.90 Å². The Labute approximate surface area is 127 Å². The summed E-state index contributed by atoms with van der Waals surface area (Å²) in [4.78, 5) is 14.3. The Kier molecular flexibility index (Phi) is 5.37. The third kappa shape index (κ3) is 3.83. The number of carboxylic acid groups (broad SMARTS) is 1. The Hall–Kier alpha value is -1.39. The fraction of sp³-hybridized carbons (Fsp3) is 0.588. The lowest BCUT2D eigenvalue weighted by Crippen LogP contribution is -2.55. The minimum atomic E-state index is -1.04. The van der Waals surface area contributed by atoms with Crippen LogP contribution in [0.5, 0.6) is 0 Å². The maximum absolute atomic E-state index is 12.0. The van der Waals surface area contributed by atoms with Crippen LogP contribution in [0.15, 0.2) is 30.3 Å². The summed E-state index contributed by atoms with van der Waals surface area (Å²) in [7, 11) is 1.74. The van der Waals surface area contributed by atoms with E-state index in [1.807, 2.05) is 30.3 Å². The molecule has 1 aromatic rings. The molecule has 0 amide bonds. The quantitative estimate of drug-likeness (QED) is 0.733. The summed E-state index contributed by atoms with van der Waals surface area (Å²) in [5.41, 5.74) is -0.220. The molecule has 0 aromatic heterocycles. The summed E-state index contributed by atoms with van der Waals surface area (Å²) >= 11 is 0. The van der Waals surface area contributed by atoms with Crippen molar-refractivity contribution >= 4 is 5.97 Å². The topological polar surface area (TPSA) is 52.6 Å². The van der Waals surface area contributed by atoms with E-state index in [1.54, 1.807) is 7.05 Å². The van der Waals surface area contributed by atoms with E-state index in [-0.39, 0.29) is 0 Å². The van der Waals surface area contributed by atoms with E-state index in [1.165, 1.54) is 12.8 Å². The van der Waals surface area contributed by atoms with Gasteiger partial charge in [0.1, 0.15) is 0 Å². The van der Waals surface area contributed by atoms with Crippen LogP contribution < -0.4 is 5.32 Å². The number of aliphatic carboxylic acids is 1. The van der Waals surface area contributed by atoms with Crippen molar-refractivity contribution in [3.63, 3.8) is 0 Å². The molecule has 1 saturated carbocycles. The number of hydrogen-bond donors (Lipinski definition) is 2. The molecule has 0 radical (unpaired) electrons. The van der Waals surface area contributed by atoms with Crippen molar-refractivity contribution in [2.75, 3.05) is 26.7 Å². The van der Waals surface area contributed by atoms with Gasteiger partial charge in [-0.3, -0.25) is 0 Å². The largest absolute Gasteiger partial charge is 0.480 e. The van der Waals surface area contributed by atoms with E-state index in [2.05, 4.69) is 17.1 Å². The first-order valence-corrected chi connectivity index (χ1v) is 7.82. The van der Waals surface area contributed by atoms with Crippen LogP contribution in [0.3, 0.4) is 0 Å². The average Bonchev–Trinajstić information content (AvgIpc) is 3.29. The van der Waals surface area contributed by atoms with Gasteiger partial charge in [-0.15, -0.1) is 0 Å². The van der Waals surface area contributed by atoms with Crippen LogP contribution in [-0.4, -0.2) is 42.7 Å². The lowest BCUT2D eigenvalue weighted by atomic mass is 9.89. The van der Waals surface area contributed by atoms with Crippen LogP contribution in [0.1, 0.15) is 31.7 Å². The minimum absolute atomic E-state index is 0.507. The molecule has 0 saturated heterocycles. The monoisotopic (exact) mass is 290 g/mol. The molecule has 0 bridgehead atoms. The Morgan fingerprint density at radius 2 is 2.05 bits per heavy atom. The van der Waals surface area contributed by atoms with Crippen molar-refractivity contribution in [1.29, 1.82) is 0 Å². The summed E-state index contributed by atoms with van der Waals surface area (Å²) in [5, 5.41) is 12.9. The molecule has 1 aliphatic rings. The number of carbonyl (C=O) groups is 1. The molecule has 2 N–H and O–H groups in total. The molecule has 4 heteroatoms. The van der Waals surface area contributed by atoms with Gasteiger partial charge in [-0.2, -0.15) is 0 Å². The molecule has 1 aliphatic carbocycles. The summed E-state index contributed by atoms with van der Waals surface area (Å²) in [6.45, 7) is 4.61. The number of hydrogen-bond acceptors (Lipinski definition) is 3. The SMILES string of the molecule is CCCN(CC1CC1)CC(NC)(C(=O)O)c1ccccc1. The zero-order valence-corrected chi connectivity index (χ0v) is 13.0. The second-order valence-electron chi connectivity index (χ2n) is 6.00. The number of nitrogens with zero attached hydrogens (tertiary/aromatic N) is 1. The van der Waals surface area contributed by atoms with Gasteiger partial charge in [0.05, 0.1) is 0 Å². The molecular formula is C17H26N2O2.